The number of hydrogen-bond donors (Lipinski definition) is 3. The minimum absolute atomic E-state index is 0.138. The first kappa shape index (κ1) is 35.0. The molecule has 1 aliphatic rings. The van der Waals surface area contributed by atoms with Crippen LogP contribution in [0.4, 0.5) is 14.6 Å². The van der Waals surface area contributed by atoms with E-state index in [-0.39, 0.29) is 17.7 Å². The highest BCUT2D eigenvalue weighted by Gasteiger charge is 2.65. The van der Waals surface area contributed by atoms with Gasteiger partial charge in [0.05, 0.1) is 12.9 Å². The van der Waals surface area contributed by atoms with Gasteiger partial charge in [-0.05, 0) is 49.4 Å². The summed E-state index contributed by atoms with van der Waals surface area (Å²) >= 11 is 5.81. The van der Waals surface area contributed by atoms with Crippen LogP contribution in [0, 0.1) is 12.3 Å². The average Bonchev–Trinajstić information content (AvgIpc) is 3.50. The first-order chi connectivity index (χ1) is 22.0. The lowest BCUT2D eigenvalue weighted by Gasteiger charge is -2.30. The van der Waals surface area contributed by atoms with Crippen molar-refractivity contribution in [2.24, 2.45) is 5.41 Å². The van der Waals surface area contributed by atoms with Gasteiger partial charge in [-0.2, -0.15) is 0 Å². The van der Waals surface area contributed by atoms with Gasteiger partial charge in [0.1, 0.15) is 24.2 Å². The van der Waals surface area contributed by atoms with Gasteiger partial charge < -0.3 is 28.9 Å². The molecule has 12 nitrogen and oxygen atoms in total. The number of nitrogens with one attached hydrogen (secondary N) is 2. The van der Waals surface area contributed by atoms with Gasteiger partial charge in [-0.25, -0.2) is 28.8 Å². The predicted molar refractivity (Wildman–Crippen MR) is 177 cm³/mol. The molecule has 5 rings (SSSR count). The van der Waals surface area contributed by atoms with Crippen LogP contribution in [-0.4, -0.2) is 74.5 Å². The molecular formula is C31H39F2N6O6PS. The van der Waals surface area contributed by atoms with Crippen molar-refractivity contribution in [2.75, 3.05) is 25.6 Å². The summed E-state index contributed by atoms with van der Waals surface area (Å²) in [5.41, 5.74) is -2.50. The maximum atomic E-state index is 16.6. The third-order valence-corrected chi connectivity index (χ3v) is 9.97. The number of aliphatic hydroxyl groups excluding tert-OH is 1. The second-order valence-corrected chi connectivity index (χ2v) is 16.0. The van der Waals surface area contributed by atoms with Crippen LogP contribution in [0.1, 0.15) is 46.7 Å². The molecule has 2 aromatic heterocycles. The average molecular weight is 693 g/mol. The van der Waals surface area contributed by atoms with Crippen LogP contribution in [0.5, 0.6) is 5.75 Å². The number of aromatic nitrogens is 4. The van der Waals surface area contributed by atoms with Crippen molar-refractivity contribution in [1.29, 1.82) is 0 Å². The van der Waals surface area contributed by atoms with Crippen molar-refractivity contribution in [1.82, 2.24) is 24.6 Å². The van der Waals surface area contributed by atoms with Crippen molar-refractivity contribution in [3.63, 3.8) is 0 Å². The topological polar surface area (TPSA) is 142 Å². The number of aryl methyl sites for hydroxylation is 1. The van der Waals surface area contributed by atoms with E-state index in [0.29, 0.717) is 28.3 Å². The Balaban J connectivity index is 1.44. The van der Waals surface area contributed by atoms with E-state index in [4.69, 9.17) is 30.3 Å². The fourth-order valence-electron chi connectivity index (χ4n) is 5.10. The molecule has 6 atom stereocenters. The number of halogens is 2. The zero-order valence-electron chi connectivity index (χ0n) is 27.2. The lowest BCUT2D eigenvalue weighted by atomic mass is 9.97. The third-order valence-electron chi connectivity index (χ3n) is 7.51. The number of carbonyl (C=O) groups excluding carboxylic acids is 1. The molecule has 0 radical (unpaired) electrons. The molecule has 4 aromatic rings. The molecule has 3 heterocycles. The van der Waals surface area contributed by atoms with Crippen molar-refractivity contribution in [3.05, 3.63) is 54.6 Å². The van der Waals surface area contributed by atoms with Crippen molar-refractivity contribution in [3.8, 4) is 5.75 Å². The Bertz CT molecular complexity index is 1830. The molecule has 0 aliphatic carbocycles. The number of carbonyl (C=O) groups is 1. The predicted octanol–water partition coefficient (Wildman–Crippen LogP) is 5.50. The van der Waals surface area contributed by atoms with E-state index in [1.807, 2.05) is 51.1 Å². The summed E-state index contributed by atoms with van der Waals surface area (Å²) in [6.07, 6.45) is -2.80. The molecule has 16 heteroatoms. The number of anilines is 1. The van der Waals surface area contributed by atoms with Crippen molar-refractivity contribution >= 4 is 52.2 Å². The number of rotatable bonds is 11. The summed E-state index contributed by atoms with van der Waals surface area (Å²) in [6, 6.07) is 11.6. The third kappa shape index (κ3) is 7.25. The van der Waals surface area contributed by atoms with Crippen LogP contribution in [0.25, 0.3) is 21.9 Å². The zero-order chi connectivity index (χ0) is 34.4. The normalized spacial score (nSPS) is 25.1. The Labute approximate surface area is 276 Å². The lowest BCUT2D eigenvalue weighted by Crippen LogP contribution is -2.47. The fraction of sp³-hybridized carbons (Fsp3) is 0.484. The van der Waals surface area contributed by atoms with E-state index in [1.165, 1.54) is 17.8 Å². The molecular weight excluding hydrogens is 653 g/mol. The number of nitrogens with zero attached hydrogens (tertiary/aromatic N) is 4. The highest BCUT2D eigenvalue weighted by molar-refractivity contribution is 8.09. The molecule has 2 aromatic carbocycles. The smallest absolute Gasteiger partial charge is 0.323 e. The Hall–Kier alpha value is -3.33. The Morgan fingerprint density at radius 3 is 2.62 bits per heavy atom. The van der Waals surface area contributed by atoms with Crippen molar-refractivity contribution in [2.45, 2.75) is 71.4 Å². The first-order valence-electron chi connectivity index (χ1n) is 15.0. The standard InChI is InChI=1S/C31H39F2N6O6PS/c1-18(26(40)42-15-29(3,4)5)38-46(47,45-22-14-10-12-20-11-8-9-13-21(20)22)43-16-31(33)27(41)30(6,32)28(44-31)39-17-35-23-24(34-7)36-19(2)37-25(23)39/h8-14,17-18,27-28,41H,15-16H2,1-7H3,(H,38,47)(H,34,36,37)/t18-,27+,28-,30-,31-,46+/m1/s1. The zero-order valence-corrected chi connectivity index (χ0v) is 28.9. The second-order valence-electron chi connectivity index (χ2n) is 12.9. The van der Waals surface area contributed by atoms with Gasteiger partial charge in [0.25, 0.3) is 5.85 Å². The number of benzene rings is 2. The number of alkyl halides is 2. The largest absolute Gasteiger partial charge is 0.464 e. The molecule has 0 amide bonds. The maximum absolute atomic E-state index is 16.6. The summed E-state index contributed by atoms with van der Waals surface area (Å²) in [7, 11) is 1.64. The van der Waals surface area contributed by atoms with E-state index in [9.17, 15) is 9.90 Å². The number of fused-ring (bicyclic) bond motifs is 2. The Morgan fingerprint density at radius 1 is 1.21 bits per heavy atom. The summed E-state index contributed by atoms with van der Waals surface area (Å²) in [5.74, 6) is -2.70. The van der Waals surface area contributed by atoms with Crippen LogP contribution in [-0.2, 0) is 30.6 Å². The van der Waals surface area contributed by atoms with Crippen LogP contribution >= 0.6 is 6.64 Å². The maximum Gasteiger partial charge on any atom is 0.323 e. The molecule has 1 saturated heterocycles. The number of esters is 1. The van der Waals surface area contributed by atoms with Gasteiger partial charge in [0.2, 0.25) is 0 Å². The minimum atomic E-state index is -3.84. The molecule has 0 unspecified atom stereocenters. The quantitative estimate of drug-likeness (QED) is 0.135. The van der Waals surface area contributed by atoms with Gasteiger partial charge in [0.15, 0.2) is 35.0 Å². The lowest BCUT2D eigenvalue weighted by molar-refractivity contribution is -0.202. The van der Waals surface area contributed by atoms with Crippen molar-refractivity contribution < 1.29 is 37.2 Å². The highest BCUT2D eigenvalue weighted by Crippen LogP contribution is 2.53. The molecule has 0 bridgehead atoms. The fourth-order valence-corrected chi connectivity index (χ4v) is 7.50. The van der Waals surface area contributed by atoms with Gasteiger partial charge in [-0.15, -0.1) is 0 Å². The number of ether oxygens (including phenoxy) is 2. The van der Waals surface area contributed by atoms with Crippen LogP contribution < -0.4 is 14.9 Å². The number of imidazole rings is 1. The van der Waals surface area contributed by atoms with E-state index >= 15 is 8.78 Å². The summed E-state index contributed by atoms with van der Waals surface area (Å²) in [5, 5.41) is 18.3. The van der Waals surface area contributed by atoms with E-state index in [1.54, 1.807) is 26.1 Å². The molecule has 3 N–H and O–H groups in total. The van der Waals surface area contributed by atoms with E-state index in [0.717, 1.165) is 12.3 Å². The van der Waals surface area contributed by atoms with Gasteiger partial charge in [0, 0.05) is 12.4 Å². The molecule has 254 valence electrons. The Morgan fingerprint density at radius 2 is 1.91 bits per heavy atom. The molecule has 1 aliphatic heterocycles. The number of hydrogen-bond acceptors (Lipinski definition) is 11. The van der Waals surface area contributed by atoms with Gasteiger partial charge in [-0.1, -0.05) is 57.2 Å². The monoisotopic (exact) mass is 692 g/mol. The molecule has 1 fully saturated rings. The minimum Gasteiger partial charge on any atom is -0.464 e. The number of aliphatic hydroxyl groups is 1. The molecule has 0 saturated carbocycles. The van der Waals surface area contributed by atoms with E-state index < -0.39 is 49.1 Å². The summed E-state index contributed by atoms with van der Waals surface area (Å²) in [6.45, 7) is 5.14. The van der Waals surface area contributed by atoms with Gasteiger partial charge in [-0.3, -0.25) is 9.36 Å². The molecule has 0 spiro atoms. The van der Waals surface area contributed by atoms with Crippen LogP contribution in [0.3, 0.4) is 0 Å². The molecule has 47 heavy (non-hydrogen) atoms. The first-order valence-corrected chi connectivity index (χ1v) is 17.6. The van der Waals surface area contributed by atoms with Crippen LogP contribution in [0.15, 0.2) is 48.8 Å². The van der Waals surface area contributed by atoms with Crippen LogP contribution in [0.2, 0.25) is 0 Å². The summed E-state index contributed by atoms with van der Waals surface area (Å²) in [4.78, 5) is 25.8. The second kappa shape index (κ2) is 12.9. The van der Waals surface area contributed by atoms with Gasteiger partial charge >= 0.3 is 12.6 Å². The Kier molecular flexibility index (Phi) is 9.63. The SMILES string of the molecule is CNc1nc(C)nc2c1ncn2[C@@H]1O[C@](F)(CO[P@@](=S)(N[C@H](C)C(=O)OCC(C)(C)C)Oc2cccc3ccccc23)[C@@H](O)[C@@]1(C)F. The van der Waals surface area contributed by atoms with E-state index in [2.05, 4.69) is 25.4 Å². The summed E-state index contributed by atoms with van der Waals surface area (Å²) < 4.78 is 57.3. The highest BCUT2D eigenvalue weighted by atomic mass is 32.5.